The molecule has 1 aromatic rings. The predicted octanol–water partition coefficient (Wildman–Crippen LogP) is 0.461. The molecule has 0 saturated carbocycles. The molecule has 1 heterocycles. The van der Waals surface area contributed by atoms with Gasteiger partial charge in [0.25, 0.3) is 0 Å². The van der Waals surface area contributed by atoms with Crippen LogP contribution in [0.4, 0.5) is 0 Å². The van der Waals surface area contributed by atoms with Crippen LogP contribution < -0.4 is 0 Å². The lowest BCUT2D eigenvalue weighted by molar-refractivity contribution is 0.114. The number of hydrogen-bond acceptors (Lipinski definition) is 3. The van der Waals surface area contributed by atoms with Crippen molar-refractivity contribution in [3.8, 4) is 0 Å². The van der Waals surface area contributed by atoms with E-state index in [0.717, 1.165) is 0 Å². The van der Waals surface area contributed by atoms with Gasteiger partial charge in [-0.15, -0.1) is 6.58 Å². The van der Waals surface area contributed by atoms with Crippen LogP contribution in [-0.2, 0) is 6.54 Å². The van der Waals surface area contributed by atoms with Gasteiger partial charge in [0.15, 0.2) is 0 Å². The summed E-state index contributed by atoms with van der Waals surface area (Å²) >= 11 is 0. The third-order valence-electron chi connectivity index (χ3n) is 1.82. The van der Waals surface area contributed by atoms with Gasteiger partial charge in [-0.1, -0.05) is 13.0 Å². The van der Waals surface area contributed by atoms with E-state index in [1.807, 2.05) is 6.92 Å². The van der Waals surface area contributed by atoms with E-state index in [4.69, 9.17) is 0 Å². The maximum absolute atomic E-state index is 9.53. The zero-order chi connectivity index (χ0) is 8.97. The van der Waals surface area contributed by atoms with Crippen LogP contribution in [0.3, 0.4) is 0 Å². The summed E-state index contributed by atoms with van der Waals surface area (Å²) in [5.41, 5.74) is 0. The summed E-state index contributed by atoms with van der Waals surface area (Å²) in [6, 6.07) is 0. The van der Waals surface area contributed by atoms with E-state index in [-0.39, 0.29) is 5.92 Å². The average molecular weight is 167 g/mol. The highest BCUT2D eigenvalue weighted by molar-refractivity contribution is 4.81. The van der Waals surface area contributed by atoms with E-state index in [0.29, 0.717) is 6.54 Å². The van der Waals surface area contributed by atoms with Gasteiger partial charge < -0.3 is 5.11 Å². The normalized spacial score (nSPS) is 15.5. The summed E-state index contributed by atoms with van der Waals surface area (Å²) in [5, 5.41) is 13.4. The number of aliphatic hydroxyl groups is 1. The van der Waals surface area contributed by atoms with Crippen molar-refractivity contribution in [3.05, 3.63) is 25.3 Å². The lowest BCUT2D eigenvalue weighted by Gasteiger charge is -2.14. The van der Waals surface area contributed by atoms with Crippen LogP contribution in [0.2, 0.25) is 0 Å². The molecule has 1 aromatic heterocycles. The number of aromatic nitrogens is 3. The second-order valence-electron chi connectivity index (χ2n) is 2.78. The molecule has 12 heavy (non-hydrogen) atoms. The third kappa shape index (κ3) is 2.17. The second kappa shape index (κ2) is 4.01. The van der Waals surface area contributed by atoms with Crippen molar-refractivity contribution in [1.82, 2.24) is 14.8 Å². The van der Waals surface area contributed by atoms with Crippen molar-refractivity contribution in [2.45, 2.75) is 19.6 Å². The number of aliphatic hydroxyl groups excluding tert-OH is 1. The van der Waals surface area contributed by atoms with Gasteiger partial charge >= 0.3 is 0 Å². The number of rotatable bonds is 4. The summed E-state index contributed by atoms with van der Waals surface area (Å²) in [6.07, 6.45) is 4.32. The van der Waals surface area contributed by atoms with Gasteiger partial charge in [0, 0.05) is 5.92 Å². The van der Waals surface area contributed by atoms with Crippen LogP contribution in [-0.4, -0.2) is 26.0 Å². The molecule has 0 aromatic carbocycles. The molecule has 4 heteroatoms. The third-order valence-corrected chi connectivity index (χ3v) is 1.82. The smallest absolute Gasteiger partial charge is 0.137 e. The predicted molar refractivity (Wildman–Crippen MR) is 45.4 cm³/mol. The van der Waals surface area contributed by atoms with Gasteiger partial charge in [-0.25, -0.2) is 4.98 Å². The van der Waals surface area contributed by atoms with E-state index in [1.54, 1.807) is 17.1 Å². The molecule has 0 aliphatic rings. The van der Waals surface area contributed by atoms with Crippen molar-refractivity contribution in [1.29, 1.82) is 0 Å². The van der Waals surface area contributed by atoms with Gasteiger partial charge in [0.1, 0.15) is 12.7 Å². The Balaban J connectivity index is 2.46. The van der Waals surface area contributed by atoms with E-state index < -0.39 is 6.10 Å². The van der Waals surface area contributed by atoms with Crippen molar-refractivity contribution in [2.75, 3.05) is 0 Å². The fraction of sp³-hybridized carbons (Fsp3) is 0.500. The monoisotopic (exact) mass is 167 g/mol. The molecule has 0 spiro atoms. The molecular formula is C8H13N3O. The summed E-state index contributed by atoms with van der Waals surface area (Å²) in [6.45, 7) is 5.98. The fourth-order valence-electron chi connectivity index (χ4n) is 0.842. The molecule has 1 rings (SSSR count). The Morgan fingerprint density at radius 3 is 3.00 bits per heavy atom. The van der Waals surface area contributed by atoms with Crippen LogP contribution in [0.25, 0.3) is 0 Å². The first-order chi connectivity index (χ1) is 5.74. The first-order valence-corrected chi connectivity index (χ1v) is 3.87. The summed E-state index contributed by atoms with van der Waals surface area (Å²) in [5.74, 6) is 0.0780. The molecular weight excluding hydrogens is 154 g/mol. The standard InChI is InChI=1S/C8H13N3O/c1-3-7(2)8(12)4-11-6-9-5-10-11/h3,5-8,12H,1,4H2,2H3. The van der Waals surface area contributed by atoms with Crippen LogP contribution in [0.5, 0.6) is 0 Å². The second-order valence-corrected chi connectivity index (χ2v) is 2.78. The van der Waals surface area contributed by atoms with E-state index in [9.17, 15) is 5.11 Å². The molecule has 66 valence electrons. The Hall–Kier alpha value is -1.16. The lowest BCUT2D eigenvalue weighted by Crippen LogP contribution is -2.22. The maximum Gasteiger partial charge on any atom is 0.137 e. The van der Waals surface area contributed by atoms with E-state index >= 15 is 0 Å². The Labute approximate surface area is 71.6 Å². The van der Waals surface area contributed by atoms with Crippen molar-refractivity contribution >= 4 is 0 Å². The SMILES string of the molecule is C=CC(C)C(O)Cn1cncn1. The molecule has 0 aliphatic heterocycles. The minimum atomic E-state index is -0.441. The largest absolute Gasteiger partial charge is 0.391 e. The highest BCUT2D eigenvalue weighted by Crippen LogP contribution is 2.05. The molecule has 0 amide bonds. The van der Waals surface area contributed by atoms with Crippen molar-refractivity contribution in [2.24, 2.45) is 5.92 Å². The lowest BCUT2D eigenvalue weighted by atomic mass is 10.1. The van der Waals surface area contributed by atoms with Gasteiger partial charge in [0.05, 0.1) is 12.6 Å². The minimum Gasteiger partial charge on any atom is -0.391 e. The average Bonchev–Trinajstić information content (AvgIpc) is 2.55. The van der Waals surface area contributed by atoms with Crippen LogP contribution in [0.1, 0.15) is 6.92 Å². The Morgan fingerprint density at radius 1 is 1.75 bits per heavy atom. The molecule has 0 fully saturated rings. The summed E-state index contributed by atoms with van der Waals surface area (Å²) in [4.78, 5) is 3.78. The van der Waals surface area contributed by atoms with Crippen molar-refractivity contribution < 1.29 is 5.11 Å². The first-order valence-electron chi connectivity index (χ1n) is 3.87. The molecule has 4 nitrogen and oxygen atoms in total. The van der Waals surface area contributed by atoms with E-state index in [2.05, 4.69) is 16.7 Å². The molecule has 2 unspecified atom stereocenters. The van der Waals surface area contributed by atoms with Gasteiger partial charge in [-0.3, -0.25) is 4.68 Å². The Kier molecular flexibility index (Phi) is 2.99. The maximum atomic E-state index is 9.53. The van der Waals surface area contributed by atoms with Crippen LogP contribution >= 0.6 is 0 Å². The topological polar surface area (TPSA) is 50.9 Å². The molecule has 0 bridgehead atoms. The van der Waals surface area contributed by atoms with E-state index in [1.165, 1.54) is 6.33 Å². The quantitative estimate of drug-likeness (QED) is 0.663. The minimum absolute atomic E-state index is 0.0780. The molecule has 2 atom stereocenters. The number of nitrogens with zero attached hydrogens (tertiary/aromatic N) is 3. The van der Waals surface area contributed by atoms with Crippen molar-refractivity contribution in [3.63, 3.8) is 0 Å². The summed E-state index contributed by atoms with van der Waals surface area (Å²) in [7, 11) is 0. The summed E-state index contributed by atoms with van der Waals surface area (Å²) < 4.78 is 1.60. The first kappa shape index (κ1) is 8.93. The van der Waals surface area contributed by atoms with Gasteiger partial charge in [-0.2, -0.15) is 5.10 Å². The van der Waals surface area contributed by atoms with Gasteiger partial charge in [0.2, 0.25) is 0 Å². The highest BCUT2D eigenvalue weighted by Gasteiger charge is 2.10. The molecule has 0 aliphatic carbocycles. The molecule has 0 saturated heterocycles. The van der Waals surface area contributed by atoms with Gasteiger partial charge in [-0.05, 0) is 0 Å². The highest BCUT2D eigenvalue weighted by atomic mass is 16.3. The Morgan fingerprint density at radius 2 is 2.50 bits per heavy atom. The zero-order valence-corrected chi connectivity index (χ0v) is 7.09. The molecule has 0 radical (unpaired) electrons. The Bertz CT molecular complexity index is 232. The van der Waals surface area contributed by atoms with Crippen LogP contribution in [0.15, 0.2) is 25.3 Å². The van der Waals surface area contributed by atoms with Crippen LogP contribution in [0, 0.1) is 5.92 Å². The fourth-order valence-corrected chi connectivity index (χ4v) is 0.842. The number of hydrogen-bond donors (Lipinski definition) is 1. The zero-order valence-electron chi connectivity index (χ0n) is 7.09. The molecule has 1 N–H and O–H groups in total.